The second-order valence-corrected chi connectivity index (χ2v) is 3.08. The molecular formula is C12H15LiO. The van der Waals surface area contributed by atoms with Crippen LogP contribution in [0.2, 0.25) is 0 Å². The average molecular weight is 182 g/mol. The SMILES string of the molecule is CCCCC=C([O-])c1ccccc1.[Li+]. The Labute approximate surface area is 98.0 Å². The smallest absolute Gasteiger partial charge is 0.872 e. The minimum absolute atomic E-state index is 0. The summed E-state index contributed by atoms with van der Waals surface area (Å²) in [6, 6.07) is 9.40. The van der Waals surface area contributed by atoms with Crippen molar-refractivity contribution in [3.63, 3.8) is 0 Å². The van der Waals surface area contributed by atoms with Crippen molar-refractivity contribution in [1.82, 2.24) is 0 Å². The van der Waals surface area contributed by atoms with E-state index in [1.165, 1.54) is 0 Å². The monoisotopic (exact) mass is 182 g/mol. The second-order valence-electron chi connectivity index (χ2n) is 3.08. The molecule has 0 amide bonds. The molecule has 1 aromatic carbocycles. The van der Waals surface area contributed by atoms with Crippen molar-refractivity contribution in [3.05, 3.63) is 42.0 Å². The Morgan fingerprint density at radius 2 is 1.93 bits per heavy atom. The van der Waals surface area contributed by atoms with Gasteiger partial charge in [-0.1, -0.05) is 56.2 Å². The summed E-state index contributed by atoms with van der Waals surface area (Å²) in [4.78, 5) is 0. The van der Waals surface area contributed by atoms with Gasteiger partial charge in [-0.3, -0.25) is 0 Å². The first-order valence-corrected chi connectivity index (χ1v) is 4.77. The Morgan fingerprint density at radius 3 is 2.50 bits per heavy atom. The maximum atomic E-state index is 11.5. The molecule has 1 aromatic rings. The van der Waals surface area contributed by atoms with Gasteiger partial charge in [-0.25, -0.2) is 0 Å². The van der Waals surface area contributed by atoms with Crippen molar-refractivity contribution in [1.29, 1.82) is 0 Å². The van der Waals surface area contributed by atoms with Gasteiger partial charge < -0.3 is 5.11 Å². The van der Waals surface area contributed by atoms with Gasteiger partial charge in [0.2, 0.25) is 0 Å². The number of hydrogen-bond donors (Lipinski definition) is 0. The Kier molecular flexibility index (Phi) is 7.38. The summed E-state index contributed by atoms with van der Waals surface area (Å²) in [6.07, 6.45) is 4.90. The summed E-state index contributed by atoms with van der Waals surface area (Å²) < 4.78 is 0. The van der Waals surface area contributed by atoms with E-state index in [1.54, 1.807) is 6.08 Å². The minimum Gasteiger partial charge on any atom is -0.872 e. The number of unbranched alkanes of at least 4 members (excludes halogenated alkanes) is 2. The summed E-state index contributed by atoms with van der Waals surface area (Å²) in [5, 5.41) is 11.5. The van der Waals surface area contributed by atoms with Gasteiger partial charge >= 0.3 is 18.9 Å². The average Bonchev–Trinajstić information content (AvgIpc) is 2.19. The standard InChI is InChI=1S/C12H16O.Li/c1-2-3-5-10-12(13)11-8-6-4-7-9-11;/h4,6-10,13H,2-3,5H2,1H3;/q;+1/p-1. The third-order valence-corrected chi connectivity index (χ3v) is 1.95. The normalized spacial score (nSPS) is 10.8. The van der Waals surface area contributed by atoms with Crippen molar-refractivity contribution >= 4 is 5.76 Å². The van der Waals surface area contributed by atoms with Crippen LogP contribution in [0.15, 0.2) is 36.4 Å². The molecule has 1 rings (SSSR count). The molecule has 0 aliphatic carbocycles. The van der Waals surface area contributed by atoms with Crippen molar-refractivity contribution in [2.24, 2.45) is 0 Å². The largest absolute Gasteiger partial charge is 1.00 e. The third-order valence-electron chi connectivity index (χ3n) is 1.95. The first-order chi connectivity index (χ1) is 6.34. The number of hydrogen-bond acceptors (Lipinski definition) is 1. The molecule has 2 heteroatoms. The Bertz CT molecular complexity index is 267. The zero-order chi connectivity index (χ0) is 9.52. The van der Waals surface area contributed by atoms with Gasteiger partial charge in [0.05, 0.1) is 0 Å². The summed E-state index contributed by atoms with van der Waals surface area (Å²) in [6.45, 7) is 2.13. The van der Waals surface area contributed by atoms with E-state index in [9.17, 15) is 5.11 Å². The van der Waals surface area contributed by atoms with Crippen molar-refractivity contribution in [2.75, 3.05) is 0 Å². The van der Waals surface area contributed by atoms with Crippen LogP contribution in [-0.2, 0) is 0 Å². The van der Waals surface area contributed by atoms with Gasteiger partial charge in [0.25, 0.3) is 0 Å². The van der Waals surface area contributed by atoms with Crippen LogP contribution in [0.1, 0.15) is 31.7 Å². The molecule has 1 nitrogen and oxygen atoms in total. The molecule has 0 fully saturated rings. The molecule has 0 N–H and O–H groups in total. The molecule has 0 spiro atoms. The van der Waals surface area contributed by atoms with Crippen LogP contribution in [0.4, 0.5) is 0 Å². The Morgan fingerprint density at radius 1 is 1.29 bits per heavy atom. The quantitative estimate of drug-likeness (QED) is 0.352. The molecule has 0 saturated carbocycles. The molecule has 0 radical (unpaired) electrons. The number of rotatable bonds is 4. The van der Waals surface area contributed by atoms with Gasteiger partial charge in [-0.2, -0.15) is 0 Å². The maximum Gasteiger partial charge on any atom is 1.00 e. The van der Waals surface area contributed by atoms with E-state index < -0.39 is 0 Å². The molecule has 0 unspecified atom stereocenters. The molecule has 0 aromatic heterocycles. The predicted molar refractivity (Wildman–Crippen MR) is 53.9 cm³/mol. The fourth-order valence-electron chi connectivity index (χ4n) is 1.16. The molecule has 0 heterocycles. The fraction of sp³-hybridized carbons (Fsp3) is 0.333. The zero-order valence-electron chi connectivity index (χ0n) is 8.99. The van der Waals surface area contributed by atoms with E-state index in [1.807, 2.05) is 30.3 Å². The van der Waals surface area contributed by atoms with E-state index in [0.29, 0.717) is 0 Å². The van der Waals surface area contributed by atoms with Gasteiger partial charge in [0.1, 0.15) is 0 Å². The van der Waals surface area contributed by atoms with Crippen molar-refractivity contribution in [3.8, 4) is 0 Å². The van der Waals surface area contributed by atoms with Crippen LogP contribution < -0.4 is 24.0 Å². The fourth-order valence-corrected chi connectivity index (χ4v) is 1.16. The topological polar surface area (TPSA) is 23.1 Å². The summed E-state index contributed by atoms with van der Waals surface area (Å²) in [7, 11) is 0. The van der Waals surface area contributed by atoms with Crippen LogP contribution >= 0.6 is 0 Å². The van der Waals surface area contributed by atoms with Crippen LogP contribution in [0.25, 0.3) is 5.76 Å². The summed E-state index contributed by atoms with van der Waals surface area (Å²) in [5.74, 6) is 0.147. The predicted octanol–water partition coefficient (Wildman–Crippen LogP) is -0.418. The Balaban J connectivity index is 0.00000169. The minimum atomic E-state index is 0. The van der Waals surface area contributed by atoms with Crippen LogP contribution in [0, 0.1) is 0 Å². The second kappa shape index (κ2) is 7.73. The maximum absolute atomic E-state index is 11.5. The number of benzene rings is 1. The first kappa shape index (κ1) is 13.4. The van der Waals surface area contributed by atoms with E-state index in [2.05, 4.69) is 6.92 Å². The molecule has 0 saturated heterocycles. The molecular weight excluding hydrogens is 167 g/mol. The van der Waals surface area contributed by atoms with Gasteiger partial charge in [-0.05, 0) is 12.0 Å². The summed E-state index contributed by atoms with van der Waals surface area (Å²) >= 11 is 0. The van der Waals surface area contributed by atoms with Crippen LogP contribution in [0.5, 0.6) is 0 Å². The molecule has 0 aliphatic heterocycles. The summed E-state index contributed by atoms with van der Waals surface area (Å²) in [5.41, 5.74) is 0.790. The first-order valence-electron chi connectivity index (χ1n) is 4.77. The number of allylic oxidation sites excluding steroid dienone is 1. The van der Waals surface area contributed by atoms with Gasteiger partial charge in [0.15, 0.2) is 0 Å². The molecule has 14 heavy (non-hydrogen) atoms. The molecule has 70 valence electrons. The van der Waals surface area contributed by atoms with Gasteiger partial charge in [-0.15, -0.1) is 5.76 Å². The third kappa shape index (κ3) is 4.55. The Hall–Kier alpha value is -0.643. The van der Waals surface area contributed by atoms with E-state index >= 15 is 0 Å². The van der Waals surface area contributed by atoms with E-state index in [0.717, 1.165) is 24.8 Å². The van der Waals surface area contributed by atoms with Crippen LogP contribution in [0.3, 0.4) is 0 Å². The van der Waals surface area contributed by atoms with Crippen LogP contribution in [-0.4, -0.2) is 0 Å². The molecule has 0 aliphatic rings. The molecule has 0 atom stereocenters. The van der Waals surface area contributed by atoms with Gasteiger partial charge in [0, 0.05) is 0 Å². The van der Waals surface area contributed by atoms with E-state index in [4.69, 9.17) is 0 Å². The van der Waals surface area contributed by atoms with Crippen molar-refractivity contribution < 1.29 is 24.0 Å². The van der Waals surface area contributed by atoms with E-state index in [-0.39, 0.29) is 24.6 Å². The molecule has 0 bridgehead atoms. The zero-order valence-corrected chi connectivity index (χ0v) is 8.99. The van der Waals surface area contributed by atoms with Crippen molar-refractivity contribution in [2.45, 2.75) is 26.2 Å².